The summed E-state index contributed by atoms with van der Waals surface area (Å²) in [5, 5.41) is 16.2. The largest absolute Gasteiger partial charge is 0.498 e. The highest BCUT2D eigenvalue weighted by atomic mass is 35.5. The van der Waals surface area contributed by atoms with Gasteiger partial charge in [0, 0.05) is 63.4 Å². The van der Waals surface area contributed by atoms with Crippen LogP contribution in [0.25, 0.3) is 20.9 Å². The van der Waals surface area contributed by atoms with E-state index in [1.807, 2.05) is 85.1 Å². The summed E-state index contributed by atoms with van der Waals surface area (Å²) >= 11 is 5.79. The number of hydrogen-bond acceptors (Lipinski definition) is 16. The zero-order valence-electron chi connectivity index (χ0n) is 37.9. The molecule has 3 aliphatic heterocycles. The number of carbonyl (C=O) groups is 2. The Hall–Kier alpha value is -6.29. The minimum Gasteiger partial charge on any atom is -0.444 e. The molecule has 0 bridgehead atoms. The van der Waals surface area contributed by atoms with Gasteiger partial charge in [-0.1, -0.05) is 36.9 Å². The van der Waals surface area contributed by atoms with E-state index in [4.69, 9.17) is 43.5 Å². The lowest BCUT2D eigenvalue weighted by atomic mass is 9.80. The van der Waals surface area contributed by atoms with Crippen molar-refractivity contribution in [1.29, 1.82) is 0 Å². The molecular formula is C42H54BClN14O6. The van der Waals surface area contributed by atoms with Gasteiger partial charge in [0.25, 0.3) is 11.6 Å². The highest BCUT2D eigenvalue weighted by Gasteiger charge is 2.52. The Morgan fingerprint density at radius 3 is 1.53 bits per heavy atom. The fraction of sp³-hybridized carbons (Fsp3) is 0.524. The number of nitrogens with zero attached hydrogens (tertiary/aromatic N) is 14. The molecule has 2 amide bonds. The zero-order chi connectivity index (χ0) is 46.9. The standard InChI is InChI=1S/C18H21N7O2.C12H15BN2O2.C12H18ClN5O2/c1-18(2,3)27-17(26)25-9-7-24(8-10-25)16-22-14(12-21-23-16)13-5-6-15(19-4)20-11-13;1-11(2)12(3,4)17-13(16-11)9-6-7-10(14-5)15-8-9;1-12(2,3)20-11(19)18-6-4-17(5-7-18)10-15-9(13)8-14-16-10/h5-6,11-12H,7-10H2,1-3H3;6-8H,1-4H3;8H,4-7H2,1-3H3. The Kier molecular flexibility index (Phi) is 15.6. The van der Waals surface area contributed by atoms with Crippen LogP contribution in [0.15, 0.2) is 49.1 Å². The number of halogens is 1. The summed E-state index contributed by atoms with van der Waals surface area (Å²) in [6.45, 7) is 37.6. The summed E-state index contributed by atoms with van der Waals surface area (Å²) in [6.07, 6.45) is 5.59. The molecule has 22 heteroatoms. The minimum absolute atomic E-state index is 0.290. The molecule has 64 heavy (non-hydrogen) atoms. The van der Waals surface area contributed by atoms with Gasteiger partial charge in [0.15, 0.2) is 5.15 Å². The second-order valence-electron chi connectivity index (χ2n) is 17.8. The highest BCUT2D eigenvalue weighted by molar-refractivity contribution is 6.62. The van der Waals surface area contributed by atoms with Crippen LogP contribution < -0.4 is 15.3 Å². The van der Waals surface area contributed by atoms with Crippen LogP contribution in [0.1, 0.15) is 69.2 Å². The number of aromatic nitrogens is 8. The van der Waals surface area contributed by atoms with Crippen LogP contribution in [0.5, 0.6) is 0 Å². The van der Waals surface area contributed by atoms with Crippen molar-refractivity contribution in [2.24, 2.45) is 0 Å². The van der Waals surface area contributed by atoms with E-state index in [2.05, 4.69) is 50.0 Å². The topological polar surface area (TPSA) is 196 Å². The van der Waals surface area contributed by atoms with Gasteiger partial charge in [-0.25, -0.2) is 14.6 Å². The van der Waals surface area contributed by atoms with E-state index in [1.165, 1.54) is 6.20 Å². The average Bonchev–Trinajstić information content (AvgIpc) is 3.48. The van der Waals surface area contributed by atoms with Crippen LogP contribution in [0.4, 0.5) is 33.1 Å². The molecule has 7 heterocycles. The second kappa shape index (κ2) is 20.5. The summed E-state index contributed by atoms with van der Waals surface area (Å²) in [7, 11) is -0.410. The van der Waals surface area contributed by atoms with Crippen LogP contribution >= 0.6 is 11.6 Å². The van der Waals surface area contributed by atoms with Crippen molar-refractivity contribution >= 4 is 59.9 Å². The molecule has 0 saturated carbocycles. The van der Waals surface area contributed by atoms with E-state index >= 15 is 0 Å². The van der Waals surface area contributed by atoms with Crippen molar-refractivity contribution in [3.8, 4) is 11.3 Å². The summed E-state index contributed by atoms with van der Waals surface area (Å²) in [5.41, 5.74) is 0.563. The van der Waals surface area contributed by atoms with Crippen LogP contribution in [0, 0.1) is 13.1 Å². The van der Waals surface area contributed by atoms with Crippen molar-refractivity contribution in [2.75, 3.05) is 62.2 Å². The molecular weight excluding hydrogens is 843 g/mol. The molecule has 3 saturated heterocycles. The Labute approximate surface area is 379 Å². The maximum absolute atomic E-state index is 12.2. The number of pyridine rings is 2. The van der Waals surface area contributed by atoms with Gasteiger partial charge in [0.05, 0.1) is 29.3 Å². The Bertz CT molecular complexity index is 2280. The Morgan fingerprint density at radius 1 is 0.672 bits per heavy atom. The molecule has 4 aromatic heterocycles. The molecule has 0 aliphatic carbocycles. The van der Waals surface area contributed by atoms with E-state index < -0.39 is 18.3 Å². The lowest BCUT2D eigenvalue weighted by molar-refractivity contribution is 0.00578. The highest BCUT2D eigenvalue weighted by Crippen LogP contribution is 2.36. The van der Waals surface area contributed by atoms with Gasteiger partial charge in [-0.3, -0.25) is 0 Å². The van der Waals surface area contributed by atoms with Crippen molar-refractivity contribution in [2.45, 2.75) is 91.6 Å². The van der Waals surface area contributed by atoms with E-state index in [0.29, 0.717) is 86.7 Å². The van der Waals surface area contributed by atoms with Gasteiger partial charge in [-0.15, -0.1) is 20.2 Å². The van der Waals surface area contributed by atoms with Crippen molar-refractivity contribution in [1.82, 2.24) is 50.1 Å². The number of hydrogen-bond donors (Lipinski definition) is 0. The molecule has 0 atom stereocenters. The molecule has 0 spiro atoms. The molecule has 3 aliphatic rings. The maximum Gasteiger partial charge on any atom is 0.498 e. The monoisotopic (exact) mass is 896 g/mol. The van der Waals surface area contributed by atoms with Gasteiger partial charge >= 0.3 is 19.3 Å². The maximum atomic E-state index is 12.2. The molecule has 0 aromatic carbocycles. The number of anilines is 2. The summed E-state index contributed by atoms with van der Waals surface area (Å²) in [5.74, 6) is 1.71. The van der Waals surface area contributed by atoms with Gasteiger partial charge < -0.3 is 48.1 Å². The fourth-order valence-electron chi connectivity index (χ4n) is 5.99. The number of rotatable bonds is 4. The lowest BCUT2D eigenvalue weighted by Gasteiger charge is -2.35. The fourth-order valence-corrected chi connectivity index (χ4v) is 6.11. The predicted octanol–water partition coefficient (Wildman–Crippen LogP) is 6.06. The van der Waals surface area contributed by atoms with E-state index in [0.717, 1.165) is 11.0 Å². The molecule has 20 nitrogen and oxygen atoms in total. The third kappa shape index (κ3) is 13.6. The quantitative estimate of drug-likeness (QED) is 0.169. The SMILES string of the molecule is CC(C)(C)OC(=O)N1CCN(c2nncc(Cl)n2)CC1.[C-]#[N+]c1ccc(-c2cnnc(N3CCN(C(=O)OC(C)(C)C)CC3)n2)cn1.[C-]#[N+]c1ccc(B2OC(C)(C)C(C)(C)O2)cn1. The predicted molar refractivity (Wildman–Crippen MR) is 240 cm³/mol. The van der Waals surface area contributed by atoms with E-state index in [1.54, 1.807) is 46.6 Å². The zero-order valence-corrected chi connectivity index (χ0v) is 38.7. The Balaban J connectivity index is 0.000000186. The molecule has 0 unspecified atom stereocenters. The van der Waals surface area contributed by atoms with Crippen LogP contribution in [-0.2, 0) is 18.8 Å². The molecule has 7 rings (SSSR count). The molecule has 4 aromatic rings. The molecule has 0 N–H and O–H groups in total. The summed E-state index contributed by atoms with van der Waals surface area (Å²) in [4.78, 5) is 54.7. The van der Waals surface area contributed by atoms with Crippen molar-refractivity contribution in [3.63, 3.8) is 0 Å². The summed E-state index contributed by atoms with van der Waals surface area (Å²) in [6, 6.07) is 6.92. The molecule has 0 radical (unpaired) electrons. The van der Waals surface area contributed by atoms with Gasteiger partial charge in [-0.2, -0.15) is 15.2 Å². The average molecular weight is 897 g/mol. The first-order valence-corrected chi connectivity index (χ1v) is 21.0. The third-order valence-electron chi connectivity index (χ3n) is 10.1. The number of amides is 2. The lowest BCUT2D eigenvalue weighted by Crippen LogP contribution is -2.50. The smallest absolute Gasteiger partial charge is 0.444 e. The van der Waals surface area contributed by atoms with Gasteiger partial charge in [0.1, 0.15) is 23.6 Å². The number of carbonyl (C=O) groups excluding carboxylic acids is 2. The number of piperazine rings is 2. The normalized spacial score (nSPS) is 16.9. The Morgan fingerprint density at radius 2 is 1.12 bits per heavy atom. The first kappa shape index (κ1) is 48.7. The van der Waals surface area contributed by atoms with Crippen LogP contribution in [-0.4, -0.2) is 144 Å². The first-order valence-electron chi connectivity index (χ1n) is 20.6. The van der Waals surface area contributed by atoms with Crippen LogP contribution in [0.2, 0.25) is 5.15 Å². The van der Waals surface area contributed by atoms with E-state index in [-0.39, 0.29) is 23.4 Å². The van der Waals surface area contributed by atoms with Gasteiger partial charge in [0.2, 0.25) is 11.9 Å². The van der Waals surface area contributed by atoms with Crippen molar-refractivity contribution in [3.05, 3.63) is 77.0 Å². The second-order valence-corrected chi connectivity index (χ2v) is 18.2. The minimum atomic E-state index is -0.508. The van der Waals surface area contributed by atoms with Crippen LogP contribution in [0.3, 0.4) is 0 Å². The summed E-state index contributed by atoms with van der Waals surface area (Å²) < 4.78 is 22.5. The van der Waals surface area contributed by atoms with Gasteiger partial charge in [-0.05, 0) is 81.4 Å². The molecule has 338 valence electrons. The number of ether oxygens (including phenoxy) is 2. The molecule has 3 fully saturated rings. The third-order valence-corrected chi connectivity index (χ3v) is 10.2. The van der Waals surface area contributed by atoms with Crippen molar-refractivity contribution < 1.29 is 28.4 Å². The first-order chi connectivity index (χ1) is 30.1. The van der Waals surface area contributed by atoms with E-state index in [9.17, 15) is 9.59 Å².